The number of hydrogen-bond donors (Lipinski definition) is 1. The van der Waals surface area contributed by atoms with Crippen LogP contribution in [-0.2, 0) is 18.4 Å². The zero-order valence-corrected chi connectivity index (χ0v) is 19.4. The Morgan fingerprint density at radius 1 is 0.818 bits per heavy atom. The lowest BCUT2D eigenvalue weighted by atomic mass is 9.80. The summed E-state index contributed by atoms with van der Waals surface area (Å²) in [6.45, 7) is 0. The molecule has 0 fully saturated rings. The van der Waals surface area contributed by atoms with E-state index in [-0.39, 0.29) is 0 Å². The van der Waals surface area contributed by atoms with Crippen molar-refractivity contribution in [1.29, 1.82) is 10.5 Å². The van der Waals surface area contributed by atoms with Gasteiger partial charge in [-0.05, 0) is 73.1 Å². The maximum Gasteiger partial charge on any atom is 0.177 e. The predicted molar refractivity (Wildman–Crippen MR) is 123 cm³/mol. The molecule has 7 heteroatoms. The lowest BCUT2D eigenvalue weighted by molar-refractivity contribution is 0.0777. The summed E-state index contributed by atoms with van der Waals surface area (Å²) in [5, 5.41) is 28.4. The molecule has 2 aromatic rings. The van der Waals surface area contributed by atoms with Gasteiger partial charge in [0.1, 0.15) is 6.07 Å². The summed E-state index contributed by atoms with van der Waals surface area (Å²) in [7, 11) is 6.33. The summed E-state index contributed by atoms with van der Waals surface area (Å²) < 4.78 is 20.9. The SMILES string of the molecule is COc1cc2c(cc1OC)C(C#N)=CCC2.COc1cc2c(cc1OC)C(O)(C#N)CCC2. The first-order valence-corrected chi connectivity index (χ1v) is 10.7. The molecule has 1 N–H and O–H groups in total. The molecule has 7 nitrogen and oxygen atoms in total. The van der Waals surface area contributed by atoms with E-state index in [0.717, 1.165) is 53.7 Å². The Morgan fingerprint density at radius 3 is 1.97 bits per heavy atom. The third-order valence-corrected chi connectivity index (χ3v) is 6.01. The highest BCUT2D eigenvalue weighted by Crippen LogP contribution is 2.41. The van der Waals surface area contributed by atoms with Gasteiger partial charge in [-0.3, -0.25) is 0 Å². The van der Waals surface area contributed by atoms with E-state index in [1.807, 2.05) is 30.3 Å². The number of methoxy groups -OCH3 is 4. The number of hydrogen-bond acceptors (Lipinski definition) is 7. The van der Waals surface area contributed by atoms with Crippen molar-refractivity contribution in [3.05, 3.63) is 52.6 Å². The van der Waals surface area contributed by atoms with Crippen LogP contribution in [0.25, 0.3) is 5.57 Å². The normalized spacial score (nSPS) is 18.1. The van der Waals surface area contributed by atoms with Gasteiger partial charge >= 0.3 is 0 Å². The van der Waals surface area contributed by atoms with Crippen molar-refractivity contribution in [2.75, 3.05) is 28.4 Å². The molecule has 2 aromatic carbocycles. The predicted octanol–water partition coefficient (Wildman–Crippen LogP) is 4.31. The van der Waals surface area contributed by atoms with Gasteiger partial charge in [0, 0.05) is 5.56 Å². The minimum absolute atomic E-state index is 0.464. The van der Waals surface area contributed by atoms with Crippen molar-refractivity contribution in [3.8, 4) is 35.1 Å². The molecule has 1 unspecified atom stereocenters. The summed E-state index contributed by atoms with van der Waals surface area (Å²) in [6.07, 6.45) is 5.93. The number of nitrogens with zero attached hydrogens (tertiary/aromatic N) is 2. The van der Waals surface area contributed by atoms with E-state index in [1.165, 1.54) is 0 Å². The molecule has 0 saturated heterocycles. The number of aryl methyl sites for hydroxylation is 2. The smallest absolute Gasteiger partial charge is 0.177 e. The molecule has 0 bridgehead atoms. The molecule has 33 heavy (non-hydrogen) atoms. The van der Waals surface area contributed by atoms with Crippen LogP contribution >= 0.6 is 0 Å². The third-order valence-electron chi connectivity index (χ3n) is 6.01. The average Bonchev–Trinajstić information content (AvgIpc) is 2.87. The highest BCUT2D eigenvalue weighted by atomic mass is 16.5. The van der Waals surface area contributed by atoms with E-state index >= 15 is 0 Å². The molecule has 0 radical (unpaired) electrons. The molecule has 0 heterocycles. The fourth-order valence-electron chi connectivity index (χ4n) is 4.26. The van der Waals surface area contributed by atoms with Gasteiger partial charge in [0.2, 0.25) is 0 Å². The summed E-state index contributed by atoms with van der Waals surface area (Å²) in [5.74, 6) is 2.57. The quantitative estimate of drug-likeness (QED) is 0.695. The van der Waals surface area contributed by atoms with Gasteiger partial charge in [-0.15, -0.1) is 0 Å². The highest BCUT2D eigenvalue weighted by Gasteiger charge is 2.35. The Morgan fingerprint density at radius 2 is 1.39 bits per heavy atom. The van der Waals surface area contributed by atoms with Crippen molar-refractivity contribution in [2.45, 2.75) is 37.7 Å². The lowest BCUT2D eigenvalue weighted by Gasteiger charge is -2.29. The van der Waals surface area contributed by atoms with Gasteiger partial charge < -0.3 is 24.1 Å². The molecular formula is C26H28N2O5. The highest BCUT2D eigenvalue weighted by molar-refractivity contribution is 5.81. The molecule has 0 aliphatic heterocycles. The van der Waals surface area contributed by atoms with Crippen LogP contribution in [0.2, 0.25) is 0 Å². The third kappa shape index (κ3) is 4.74. The number of aliphatic hydroxyl groups is 1. The van der Waals surface area contributed by atoms with Gasteiger partial charge in [-0.2, -0.15) is 10.5 Å². The monoisotopic (exact) mass is 448 g/mol. The van der Waals surface area contributed by atoms with E-state index in [9.17, 15) is 5.11 Å². The summed E-state index contributed by atoms with van der Waals surface area (Å²) in [6, 6.07) is 11.6. The number of nitriles is 2. The van der Waals surface area contributed by atoms with Crippen LogP contribution in [0.5, 0.6) is 23.0 Å². The topological polar surface area (TPSA) is 105 Å². The van der Waals surface area contributed by atoms with Crippen molar-refractivity contribution in [2.24, 2.45) is 0 Å². The van der Waals surface area contributed by atoms with Crippen LogP contribution < -0.4 is 18.9 Å². The minimum Gasteiger partial charge on any atom is -0.493 e. The average molecular weight is 449 g/mol. The number of allylic oxidation sites excluding steroid dienone is 2. The van der Waals surface area contributed by atoms with Crippen LogP contribution in [0.3, 0.4) is 0 Å². The van der Waals surface area contributed by atoms with Crippen LogP contribution in [0.15, 0.2) is 30.3 Å². The molecule has 4 rings (SSSR count). The van der Waals surface area contributed by atoms with Gasteiger partial charge in [-0.25, -0.2) is 0 Å². The number of ether oxygens (including phenoxy) is 4. The Hall–Kier alpha value is -3.68. The van der Waals surface area contributed by atoms with Crippen LogP contribution in [0.1, 0.15) is 41.5 Å². The maximum atomic E-state index is 10.3. The zero-order valence-electron chi connectivity index (χ0n) is 19.4. The van der Waals surface area contributed by atoms with E-state index in [4.69, 9.17) is 29.5 Å². The first-order chi connectivity index (χ1) is 15.9. The standard InChI is InChI=1S/C13H15NO3.C13H13NO2/c1-16-11-6-9-4-3-5-13(15,8-14)10(9)7-12(11)17-2;1-15-12-6-9-4-3-5-10(8-14)11(9)7-13(12)16-2/h6-7,15H,3-5H2,1-2H3;5-7H,3-4H2,1-2H3. The van der Waals surface area contributed by atoms with Crippen molar-refractivity contribution >= 4 is 5.57 Å². The van der Waals surface area contributed by atoms with Crippen molar-refractivity contribution in [1.82, 2.24) is 0 Å². The Kier molecular flexibility index (Phi) is 7.48. The molecule has 0 spiro atoms. The first kappa shape index (κ1) is 24.0. The fourth-order valence-corrected chi connectivity index (χ4v) is 4.26. The molecule has 0 amide bonds. The Balaban J connectivity index is 0.000000186. The second kappa shape index (κ2) is 10.3. The molecular weight excluding hydrogens is 420 g/mol. The van der Waals surface area contributed by atoms with E-state index in [1.54, 1.807) is 34.5 Å². The minimum atomic E-state index is -1.40. The lowest BCUT2D eigenvalue weighted by Crippen LogP contribution is -2.28. The number of benzene rings is 2. The van der Waals surface area contributed by atoms with E-state index < -0.39 is 5.60 Å². The van der Waals surface area contributed by atoms with Crippen molar-refractivity contribution < 1.29 is 24.1 Å². The molecule has 2 aliphatic carbocycles. The molecule has 172 valence electrons. The van der Waals surface area contributed by atoms with Crippen molar-refractivity contribution in [3.63, 3.8) is 0 Å². The Bertz CT molecular complexity index is 1140. The largest absolute Gasteiger partial charge is 0.493 e. The first-order valence-electron chi connectivity index (χ1n) is 10.7. The molecule has 0 aromatic heterocycles. The zero-order chi connectivity index (χ0) is 24.0. The van der Waals surface area contributed by atoms with E-state index in [2.05, 4.69) is 6.07 Å². The van der Waals surface area contributed by atoms with Crippen LogP contribution in [0, 0.1) is 22.7 Å². The molecule has 2 aliphatic rings. The van der Waals surface area contributed by atoms with E-state index in [0.29, 0.717) is 29.2 Å². The van der Waals surface area contributed by atoms with Gasteiger partial charge in [0.15, 0.2) is 28.6 Å². The maximum absolute atomic E-state index is 10.3. The Labute approximate surface area is 194 Å². The second-order valence-corrected chi connectivity index (χ2v) is 7.82. The molecule has 1 atom stereocenters. The number of rotatable bonds is 4. The van der Waals surface area contributed by atoms with Gasteiger partial charge in [0.05, 0.1) is 40.1 Å². The van der Waals surface area contributed by atoms with Crippen LogP contribution in [0.4, 0.5) is 0 Å². The summed E-state index contributed by atoms with van der Waals surface area (Å²) >= 11 is 0. The summed E-state index contributed by atoms with van der Waals surface area (Å²) in [4.78, 5) is 0. The summed E-state index contributed by atoms with van der Waals surface area (Å²) in [5.41, 5.74) is 3.04. The van der Waals surface area contributed by atoms with Gasteiger partial charge in [-0.1, -0.05) is 6.08 Å². The fraction of sp³-hybridized carbons (Fsp3) is 0.385. The number of fused-ring (bicyclic) bond motifs is 2. The molecule has 0 saturated carbocycles. The van der Waals surface area contributed by atoms with Crippen LogP contribution in [-0.4, -0.2) is 33.5 Å². The second-order valence-electron chi connectivity index (χ2n) is 7.82. The van der Waals surface area contributed by atoms with Gasteiger partial charge in [0.25, 0.3) is 0 Å².